The summed E-state index contributed by atoms with van der Waals surface area (Å²) in [6.45, 7) is 5.63. The Morgan fingerprint density at radius 3 is 2.45 bits per heavy atom. The molecule has 11 heavy (non-hydrogen) atoms. The molecule has 1 unspecified atom stereocenters. The van der Waals surface area contributed by atoms with Gasteiger partial charge in [-0.25, -0.2) is 0 Å². The fourth-order valence-electron chi connectivity index (χ4n) is 1.23. The lowest BCUT2D eigenvalue weighted by Crippen LogP contribution is -2.03. The fraction of sp³-hybridized carbons (Fsp3) is 1.00. The van der Waals surface area contributed by atoms with E-state index in [1.807, 2.05) is 0 Å². The Morgan fingerprint density at radius 2 is 1.91 bits per heavy atom. The minimum absolute atomic E-state index is 0.900. The molecule has 0 aliphatic heterocycles. The SMILES string of the molecule is CCCCC(C)CCCNS. The van der Waals surface area contributed by atoms with Gasteiger partial charge in [0.1, 0.15) is 0 Å². The fourth-order valence-corrected chi connectivity index (χ4v) is 1.38. The molecule has 0 aliphatic rings. The first-order valence-corrected chi connectivity index (χ1v) is 5.13. The lowest BCUT2D eigenvalue weighted by atomic mass is 9.99. The summed E-state index contributed by atoms with van der Waals surface area (Å²) in [6, 6.07) is 0. The summed E-state index contributed by atoms with van der Waals surface area (Å²) in [6.07, 6.45) is 6.70. The van der Waals surface area contributed by atoms with Crippen LogP contribution in [0.5, 0.6) is 0 Å². The molecule has 0 bridgehead atoms. The standard InChI is InChI=1S/C9H21NS/c1-3-4-6-9(2)7-5-8-10-11/h9-11H,3-8H2,1-2H3. The highest BCUT2D eigenvalue weighted by atomic mass is 32.1. The number of nitrogens with one attached hydrogen (secondary N) is 1. The van der Waals surface area contributed by atoms with Gasteiger partial charge in [-0.2, -0.15) is 0 Å². The molecule has 68 valence electrons. The van der Waals surface area contributed by atoms with Gasteiger partial charge >= 0.3 is 0 Å². The van der Waals surface area contributed by atoms with Gasteiger partial charge in [0.05, 0.1) is 0 Å². The summed E-state index contributed by atoms with van der Waals surface area (Å²) in [5.74, 6) is 0.900. The van der Waals surface area contributed by atoms with Gasteiger partial charge in [0.2, 0.25) is 0 Å². The predicted octanol–water partition coefficient (Wildman–Crippen LogP) is 3.03. The van der Waals surface area contributed by atoms with Crippen molar-refractivity contribution in [2.45, 2.75) is 46.0 Å². The summed E-state index contributed by atoms with van der Waals surface area (Å²) in [5, 5.41) is 0. The van der Waals surface area contributed by atoms with Crippen molar-refractivity contribution >= 4 is 12.8 Å². The number of hydrogen-bond donors (Lipinski definition) is 2. The minimum Gasteiger partial charge on any atom is -0.267 e. The first-order valence-electron chi connectivity index (χ1n) is 4.68. The molecule has 0 amide bonds. The van der Waals surface area contributed by atoms with Gasteiger partial charge in [-0.15, -0.1) is 0 Å². The normalized spacial score (nSPS) is 13.4. The molecule has 1 nitrogen and oxygen atoms in total. The van der Waals surface area contributed by atoms with Crippen LogP contribution in [0.15, 0.2) is 0 Å². The van der Waals surface area contributed by atoms with Crippen molar-refractivity contribution in [3.8, 4) is 0 Å². The maximum Gasteiger partial charge on any atom is 0.00562 e. The van der Waals surface area contributed by atoms with Crippen molar-refractivity contribution in [2.24, 2.45) is 5.92 Å². The number of hydrogen-bond acceptors (Lipinski definition) is 2. The van der Waals surface area contributed by atoms with E-state index in [9.17, 15) is 0 Å². The first kappa shape index (κ1) is 11.3. The molecule has 0 rings (SSSR count). The Balaban J connectivity index is 3.02. The zero-order valence-corrected chi connectivity index (χ0v) is 8.66. The topological polar surface area (TPSA) is 12.0 Å². The second-order valence-electron chi connectivity index (χ2n) is 3.30. The van der Waals surface area contributed by atoms with Crippen LogP contribution < -0.4 is 4.72 Å². The molecular formula is C9H21NS. The van der Waals surface area contributed by atoms with E-state index in [0.29, 0.717) is 0 Å². The lowest BCUT2D eigenvalue weighted by molar-refractivity contribution is 0.458. The second kappa shape index (κ2) is 8.41. The molecule has 0 heterocycles. The van der Waals surface area contributed by atoms with Gasteiger partial charge in [0.25, 0.3) is 0 Å². The van der Waals surface area contributed by atoms with E-state index < -0.39 is 0 Å². The molecule has 0 aromatic rings. The minimum atomic E-state index is 0.900. The first-order chi connectivity index (χ1) is 5.31. The lowest BCUT2D eigenvalue weighted by Gasteiger charge is -2.09. The third-order valence-electron chi connectivity index (χ3n) is 2.04. The molecule has 0 aromatic carbocycles. The van der Waals surface area contributed by atoms with E-state index in [1.54, 1.807) is 0 Å². The van der Waals surface area contributed by atoms with Gasteiger partial charge in [-0.3, -0.25) is 4.72 Å². The molecule has 1 N–H and O–H groups in total. The Kier molecular flexibility index (Phi) is 8.64. The third-order valence-corrected chi connectivity index (χ3v) is 2.26. The van der Waals surface area contributed by atoms with Crippen molar-refractivity contribution in [2.75, 3.05) is 6.54 Å². The Labute approximate surface area is 76.5 Å². The van der Waals surface area contributed by atoms with E-state index in [0.717, 1.165) is 12.5 Å². The largest absolute Gasteiger partial charge is 0.267 e. The summed E-state index contributed by atoms with van der Waals surface area (Å²) in [7, 11) is 0. The smallest absolute Gasteiger partial charge is 0.00562 e. The average molecular weight is 175 g/mol. The van der Waals surface area contributed by atoms with E-state index in [4.69, 9.17) is 0 Å². The molecular weight excluding hydrogens is 154 g/mol. The quantitative estimate of drug-likeness (QED) is 0.448. The number of thiol groups is 1. The molecule has 0 radical (unpaired) electrons. The molecule has 0 saturated heterocycles. The maximum absolute atomic E-state index is 3.94. The maximum atomic E-state index is 3.94. The van der Waals surface area contributed by atoms with Gasteiger partial charge in [-0.05, 0) is 18.8 Å². The molecule has 0 aromatic heterocycles. The van der Waals surface area contributed by atoms with Crippen molar-refractivity contribution in [3.05, 3.63) is 0 Å². The van der Waals surface area contributed by atoms with Crippen LogP contribution in [-0.2, 0) is 0 Å². The van der Waals surface area contributed by atoms with Crippen molar-refractivity contribution in [1.82, 2.24) is 4.72 Å². The Morgan fingerprint density at radius 1 is 1.27 bits per heavy atom. The summed E-state index contributed by atoms with van der Waals surface area (Å²) in [4.78, 5) is 0. The van der Waals surface area contributed by atoms with Crippen LogP contribution in [0.2, 0.25) is 0 Å². The molecule has 0 fully saturated rings. The molecule has 1 atom stereocenters. The van der Waals surface area contributed by atoms with Crippen LogP contribution in [0.1, 0.15) is 46.0 Å². The Hall–Kier alpha value is 0.310. The van der Waals surface area contributed by atoms with E-state index in [-0.39, 0.29) is 0 Å². The zero-order chi connectivity index (χ0) is 8.53. The highest BCUT2D eigenvalue weighted by Crippen LogP contribution is 2.12. The van der Waals surface area contributed by atoms with Gasteiger partial charge in [-0.1, -0.05) is 45.9 Å². The van der Waals surface area contributed by atoms with Crippen LogP contribution in [0.4, 0.5) is 0 Å². The van der Waals surface area contributed by atoms with Gasteiger partial charge < -0.3 is 0 Å². The molecule has 0 saturated carbocycles. The van der Waals surface area contributed by atoms with Crippen LogP contribution >= 0.6 is 12.8 Å². The van der Waals surface area contributed by atoms with Crippen LogP contribution in [0.3, 0.4) is 0 Å². The summed E-state index contributed by atoms with van der Waals surface area (Å²) >= 11 is 3.94. The second-order valence-corrected chi connectivity index (χ2v) is 3.61. The van der Waals surface area contributed by atoms with Gasteiger partial charge in [0, 0.05) is 6.54 Å². The zero-order valence-electron chi connectivity index (χ0n) is 7.77. The predicted molar refractivity (Wildman–Crippen MR) is 54.9 cm³/mol. The summed E-state index contributed by atoms with van der Waals surface area (Å²) < 4.78 is 2.87. The van der Waals surface area contributed by atoms with Crippen molar-refractivity contribution in [3.63, 3.8) is 0 Å². The van der Waals surface area contributed by atoms with Gasteiger partial charge in [0.15, 0.2) is 0 Å². The molecule has 0 spiro atoms. The molecule has 0 aliphatic carbocycles. The number of unbranched alkanes of at least 4 members (excludes halogenated alkanes) is 1. The van der Waals surface area contributed by atoms with E-state index >= 15 is 0 Å². The Bertz CT molecular complexity index is 76.0. The summed E-state index contributed by atoms with van der Waals surface area (Å²) in [5.41, 5.74) is 0. The monoisotopic (exact) mass is 175 g/mol. The van der Waals surface area contributed by atoms with Crippen LogP contribution in [0, 0.1) is 5.92 Å². The highest BCUT2D eigenvalue weighted by molar-refractivity contribution is 7.78. The third kappa shape index (κ3) is 8.21. The van der Waals surface area contributed by atoms with Crippen LogP contribution in [0.25, 0.3) is 0 Å². The highest BCUT2D eigenvalue weighted by Gasteiger charge is 1.99. The van der Waals surface area contributed by atoms with E-state index in [2.05, 4.69) is 31.4 Å². The van der Waals surface area contributed by atoms with Crippen LogP contribution in [-0.4, -0.2) is 6.54 Å². The van der Waals surface area contributed by atoms with E-state index in [1.165, 1.54) is 32.1 Å². The van der Waals surface area contributed by atoms with Crippen molar-refractivity contribution < 1.29 is 0 Å². The number of rotatable bonds is 7. The molecule has 2 heteroatoms. The van der Waals surface area contributed by atoms with Crippen molar-refractivity contribution in [1.29, 1.82) is 0 Å². The average Bonchev–Trinajstić information content (AvgIpc) is 2.01.